The van der Waals surface area contributed by atoms with Gasteiger partial charge in [-0.3, -0.25) is 9.59 Å². The van der Waals surface area contributed by atoms with Crippen LogP contribution in [0.1, 0.15) is 23.6 Å². The molecule has 0 heterocycles. The van der Waals surface area contributed by atoms with Crippen molar-refractivity contribution in [3.63, 3.8) is 0 Å². The van der Waals surface area contributed by atoms with Crippen molar-refractivity contribution in [3.05, 3.63) is 71.3 Å². The Morgan fingerprint density at radius 2 is 1.69 bits per heavy atom. The van der Waals surface area contributed by atoms with Crippen LogP contribution in [0.3, 0.4) is 0 Å². The first-order valence-electron chi connectivity index (χ1n) is 9.36. The van der Waals surface area contributed by atoms with Crippen LogP contribution in [0, 0.1) is 13.8 Å². The summed E-state index contributed by atoms with van der Waals surface area (Å²) in [6.45, 7) is 6.14. The van der Waals surface area contributed by atoms with Gasteiger partial charge in [-0.2, -0.15) is 5.10 Å². The molecule has 3 aromatic rings. The number of carbonyl (C=O) groups excluding carboxylic acids is 2. The average Bonchev–Trinajstić information content (AvgIpc) is 2.72. The molecule has 0 aliphatic rings. The summed E-state index contributed by atoms with van der Waals surface area (Å²) >= 11 is 0. The zero-order valence-electron chi connectivity index (χ0n) is 16.7. The fraction of sp³-hybridized carbons (Fsp3) is 0.174. The number of amides is 2. The second-order valence-electron chi connectivity index (χ2n) is 6.55. The third kappa shape index (κ3) is 4.60. The summed E-state index contributed by atoms with van der Waals surface area (Å²) in [5.74, 6) is -0.964. The molecule has 0 unspecified atom stereocenters. The van der Waals surface area contributed by atoms with E-state index in [-0.39, 0.29) is 0 Å². The number of benzene rings is 3. The number of hydrogen-bond acceptors (Lipinski definition) is 4. The van der Waals surface area contributed by atoms with Crippen molar-refractivity contribution in [2.75, 3.05) is 11.9 Å². The van der Waals surface area contributed by atoms with E-state index in [2.05, 4.69) is 15.8 Å². The van der Waals surface area contributed by atoms with Crippen LogP contribution >= 0.6 is 0 Å². The van der Waals surface area contributed by atoms with E-state index in [1.54, 1.807) is 0 Å². The molecule has 3 rings (SSSR count). The molecule has 29 heavy (non-hydrogen) atoms. The van der Waals surface area contributed by atoms with Gasteiger partial charge >= 0.3 is 11.8 Å². The van der Waals surface area contributed by atoms with Gasteiger partial charge in [0.15, 0.2) is 0 Å². The Balaban J connectivity index is 1.76. The summed E-state index contributed by atoms with van der Waals surface area (Å²) in [6.07, 6.45) is 1.50. The number of ether oxygens (including phenoxy) is 1. The molecule has 2 N–H and O–H groups in total. The van der Waals surface area contributed by atoms with Crippen LogP contribution in [0.5, 0.6) is 5.75 Å². The Morgan fingerprint density at radius 3 is 2.41 bits per heavy atom. The number of fused-ring (bicyclic) bond motifs is 1. The second-order valence-corrected chi connectivity index (χ2v) is 6.55. The van der Waals surface area contributed by atoms with Crippen LogP contribution < -0.4 is 15.5 Å². The van der Waals surface area contributed by atoms with Gasteiger partial charge in [0.1, 0.15) is 5.75 Å². The van der Waals surface area contributed by atoms with Crippen molar-refractivity contribution in [1.82, 2.24) is 5.43 Å². The Morgan fingerprint density at radius 1 is 0.966 bits per heavy atom. The maximum Gasteiger partial charge on any atom is 0.329 e. The standard InChI is InChI=1S/C23H23N3O3/c1-4-29-20-13-12-17-10-5-6-11-18(17)19(20)14-24-26-23(28)22(27)25-21-15(2)8-7-9-16(21)3/h5-14H,4H2,1-3H3,(H,25,27)(H,26,28)/b24-14-. The van der Waals surface area contributed by atoms with Crippen molar-refractivity contribution in [2.24, 2.45) is 5.10 Å². The van der Waals surface area contributed by atoms with Gasteiger partial charge in [-0.1, -0.05) is 48.5 Å². The van der Waals surface area contributed by atoms with Crippen molar-refractivity contribution >= 4 is 34.5 Å². The molecule has 0 aliphatic carbocycles. The third-order valence-electron chi connectivity index (χ3n) is 4.52. The van der Waals surface area contributed by atoms with E-state index in [4.69, 9.17) is 4.74 Å². The fourth-order valence-electron chi connectivity index (χ4n) is 3.08. The number of hydrogen-bond donors (Lipinski definition) is 2. The minimum Gasteiger partial charge on any atom is -0.493 e. The highest BCUT2D eigenvalue weighted by molar-refractivity contribution is 6.39. The lowest BCUT2D eigenvalue weighted by molar-refractivity contribution is -0.136. The largest absolute Gasteiger partial charge is 0.493 e. The molecule has 0 fully saturated rings. The highest BCUT2D eigenvalue weighted by atomic mass is 16.5. The molecule has 0 saturated carbocycles. The van der Waals surface area contributed by atoms with Gasteiger partial charge in [0.25, 0.3) is 0 Å². The maximum absolute atomic E-state index is 12.2. The van der Waals surface area contributed by atoms with Gasteiger partial charge in [0, 0.05) is 11.3 Å². The maximum atomic E-state index is 12.2. The molecule has 0 aromatic heterocycles. The van der Waals surface area contributed by atoms with Crippen molar-refractivity contribution in [3.8, 4) is 5.75 Å². The first-order chi connectivity index (χ1) is 14.0. The number of nitrogens with zero attached hydrogens (tertiary/aromatic N) is 1. The van der Waals surface area contributed by atoms with Crippen molar-refractivity contribution in [1.29, 1.82) is 0 Å². The number of aryl methyl sites for hydroxylation is 2. The third-order valence-corrected chi connectivity index (χ3v) is 4.52. The Hall–Kier alpha value is -3.67. The predicted octanol–water partition coefficient (Wildman–Crippen LogP) is 3.94. The van der Waals surface area contributed by atoms with Crippen LogP contribution in [0.15, 0.2) is 59.7 Å². The number of anilines is 1. The number of rotatable bonds is 5. The molecule has 0 bridgehead atoms. The molecule has 0 spiro atoms. The molecular formula is C23H23N3O3. The van der Waals surface area contributed by atoms with Crippen LogP contribution in [-0.4, -0.2) is 24.6 Å². The van der Waals surface area contributed by atoms with Crippen LogP contribution in [-0.2, 0) is 9.59 Å². The molecule has 3 aromatic carbocycles. The summed E-state index contributed by atoms with van der Waals surface area (Å²) in [7, 11) is 0. The molecule has 0 radical (unpaired) electrons. The summed E-state index contributed by atoms with van der Waals surface area (Å²) in [5.41, 5.74) is 5.42. The highest BCUT2D eigenvalue weighted by Crippen LogP contribution is 2.26. The minimum atomic E-state index is -0.845. The number of carbonyl (C=O) groups is 2. The molecule has 6 heteroatoms. The number of hydrazone groups is 1. The Labute approximate surface area is 169 Å². The van der Waals surface area contributed by atoms with Gasteiger partial charge in [0.05, 0.1) is 12.8 Å². The van der Waals surface area contributed by atoms with E-state index in [9.17, 15) is 9.59 Å². The summed E-state index contributed by atoms with van der Waals surface area (Å²) < 4.78 is 5.67. The monoisotopic (exact) mass is 389 g/mol. The average molecular weight is 389 g/mol. The van der Waals surface area contributed by atoms with E-state index in [0.717, 1.165) is 27.5 Å². The fourth-order valence-corrected chi connectivity index (χ4v) is 3.08. The SMILES string of the molecule is CCOc1ccc2ccccc2c1/C=N\NC(=O)C(=O)Nc1c(C)cccc1C. The molecule has 6 nitrogen and oxygen atoms in total. The highest BCUT2D eigenvalue weighted by Gasteiger charge is 2.15. The van der Waals surface area contributed by atoms with Gasteiger partial charge < -0.3 is 10.1 Å². The molecule has 0 saturated heterocycles. The van der Waals surface area contributed by atoms with Crippen molar-refractivity contribution < 1.29 is 14.3 Å². The lowest BCUT2D eigenvalue weighted by atomic mass is 10.0. The first kappa shape index (κ1) is 20.1. The summed E-state index contributed by atoms with van der Waals surface area (Å²) in [4.78, 5) is 24.4. The summed E-state index contributed by atoms with van der Waals surface area (Å²) in [6, 6.07) is 17.3. The lowest BCUT2D eigenvalue weighted by Gasteiger charge is -2.11. The zero-order valence-corrected chi connectivity index (χ0v) is 16.7. The van der Waals surface area contributed by atoms with E-state index in [1.165, 1.54) is 6.21 Å². The van der Waals surface area contributed by atoms with E-state index in [0.29, 0.717) is 18.0 Å². The van der Waals surface area contributed by atoms with Crippen LogP contribution in [0.4, 0.5) is 5.69 Å². The second kappa shape index (κ2) is 9.01. The Bertz CT molecular complexity index is 1070. The lowest BCUT2D eigenvalue weighted by Crippen LogP contribution is -2.32. The smallest absolute Gasteiger partial charge is 0.329 e. The summed E-state index contributed by atoms with van der Waals surface area (Å²) in [5, 5.41) is 8.58. The van der Waals surface area contributed by atoms with Gasteiger partial charge in [-0.25, -0.2) is 5.43 Å². The van der Waals surface area contributed by atoms with E-state index >= 15 is 0 Å². The molecule has 0 atom stereocenters. The van der Waals surface area contributed by atoms with Crippen molar-refractivity contribution in [2.45, 2.75) is 20.8 Å². The zero-order chi connectivity index (χ0) is 20.8. The number of para-hydroxylation sites is 1. The minimum absolute atomic E-state index is 0.504. The van der Waals surface area contributed by atoms with E-state index < -0.39 is 11.8 Å². The molecular weight excluding hydrogens is 366 g/mol. The topological polar surface area (TPSA) is 79.8 Å². The van der Waals surface area contributed by atoms with E-state index in [1.807, 2.05) is 75.4 Å². The normalized spacial score (nSPS) is 10.9. The van der Waals surface area contributed by atoms with Crippen LogP contribution in [0.25, 0.3) is 10.8 Å². The first-order valence-corrected chi connectivity index (χ1v) is 9.36. The van der Waals surface area contributed by atoms with Gasteiger partial charge in [-0.15, -0.1) is 0 Å². The quantitative estimate of drug-likeness (QED) is 0.394. The predicted molar refractivity (Wildman–Crippen MR) is 115 cm³/mol. The van der Waals surface area contributed by atoms with Gasteiger partial charge in [-0.05, 0) is 48.7 Å². The molecule has 2 amide bonds. The molecule has 0 aliphatic heterocycles. The van der Waals surface area contributed by atoms with Gasteiger partial charge in [0.2, 0.25) is 0 Å². The number of nitrogens with one attached hydrogen (secondary N) is 2. The Kier molecular flexibility index (Phi) is 6.24. The molecule has 148 valence electrons. The van der Waals surface area contributed by atoms with Crippen LogP contribution in [0.2, 0.25) is 0 Å².